The first-order chi connectivity index (χ1) is 16.9. The van der Waals surface area contributed by atoms with Gasteiger partial charge in [0.15, 0.2) is 11.9 Å². The minimum absolute atomic E-state index is 0.289. The zero-order valence-electron chi connectivity index (χ0n) is 20.2. The molecule has 1 amide bonds. The zero-order valence-corrected chi connectivity index (χ0v) is 20.2. The smallest absolute Gasteiger partial charge is 0.412 e. The van der Waals surface area contributed by atoms with Crippen LogP contribution < -0.4 is 5.32 Å². The number of aryl methyl sites for hydroxylation is 1. The van der Waals surface area contributed by atoms with Gasteiger partial charge in [-0.2, -0.15) is 0 Å². The van der Waals surface area contributed by atoms with E-state index in [0.717, 1.165) is 29.5 Å². The highest BCUT2D eigenvalue weighted by Crippen LogP contribution is 2.35. The van der Waals surface area contributed by atoms with Crippen LogP contribution in [0, 0.1) is 12.8 Å². The normalized spacial score (nSPS) is 14.7. The summed E-state index contributed by atoms with van der Waals surface area (Å²) >= 11 is 0. The lowest BCUT2D eigenvalue weighted by molar-refractivity contribution is -0.155. The fourth-order valence-corrected chi connectivity index (χ4v) is 3.77. The molecule has 0 spiro atoms. The molecule has 2 aromatic carbocycles. The SMILES string of the molecule is COC(=O)C(CC1CC1)OCc1ccc(-c2onc(C)c2NC(=O)OC(C)c2ccccc2)cc1. The van der Waals surface area contributed by atoms with Gasteiger partial charge in [0.25, 0.3) is 0 Å². The van der Waals surface area contributed by atoms with Crippen molar-refractivity contribution in [2.75, 3.05) is 12.4 Å². The first kappa shape index (κ1) is 24.5. The van der Waals surface area contributed by atoms with E-state index in [-0.39, 0.29) is 12.6 Å². The van der Waals surface area contributed by atoms with Crippen molar-refractivity contribution >= 4 is 17.7 Å². The summed E-state index contributed by atoms with van der Waals surface area (Å²) in [5, 5.41) is 6.77. The van der Waals surface area contributed by atoms with Gasteiger partial charge in [-0.1, -0.05) is 72.6 Å². The van der Waals surface area contributed by atoms with Crippen LogP contribution in [0.3, 0.4) is 0 Å². The van der Waals surface area contributed by atoms with Crippen molar-refractivity contribution in [3.63, 3.8) is 0 Å². The summed E-state index contributed by atoms with van der Waals surface area (Å²) in [6, 6.07) is 17.0. The summed E-state index contributed by atoms with van der Waals surface area (Å²) in [7, 11) is 1.38. The molecule has 3 aromatic rings. The largest absolute Gasteiger partial charge is 0.467 e. The summed E-state index contributed by atoms with van der Waals surface area (Å²) in [5.74, 6) is 0.639. The molecule has 35 heavy (non-hydrogen) atoms. The molecule has 4 rings (SSSR count). The maximum Gasteiger partial charge on any atom is 0.412 e. The molecular weight excluding hydrogens is 448 g/mol. The van der Waals surface area contributed by atoms with E-state index in [9.17, 15) is 9.59 Å². The number of amides is 1. The van der Waals surface area contributed by atoms with Crippen molar-refractivity contribution in [3.8, 4) is 11.3 Å². The molecule has 8 nitrogen and oxygen atoms in total. The number of anilines is 1. The molecule has 1 aliphatic rings. The summed E-state index contributed by atoms with van der Waals surface area (Å²) in [5.41, 5.74) is 3.53. The van der Waals surface area contributed by atoms with Crippen LogP contribution in [-0.4, -0.2) is 30.4 Å². The second-order valence-corrected chi connectivity index (χ2v) is 8.75. The summed E-state index contributed by atoms with van der Waals surface area (Å²) in [4.78, 5) is 24.5. The Bertz CT molecular complexity index is 1140. The number of esters is 1. The molecule has 2 atom stereocenters. The van der Waals surface area contributed by atoms with Crippen LogP contribution in [0.2, 0.25) is 0 Å². The third kappa shape index (κ3) is 6.48. The van der Waals surface area contributed by atoms with E-state index in [4.69, 9.17) is 18.7 Å². The predicted octanol–water partition coefficient (Wildman–Crippen LogP) is 5.82. The van der Waals surface area contributed by atoms with Gasteiger partial charge in [0.05, 0.1) is 13.7 Å². The second-order valence-electron chi connectivity index (χ2n) is 8.75. The Labute approximate surface area is 204 Å². The molecule has 1 N–H and O–H groups in total. The van der Waals surface area contributed by atoms with Crippen LogP contribution in [-0.2, 0) is 25.6 Å². The van der Waals surface area contributed by atoms with Crippen molar-refractivity contribution in [2.24, 2.45) is 5.92 Å². The van der Waals surface area contributed by atoms with Crippen molar-refractivity contribution in [1.29, 1.82) is 0 Å². The minimum atomic E-state index is -0.594. The van der Waals surface area contributed by atoms with Crippen LogP contribution >= 0.6 is 0 Å². The van der Waals surface area contributed by atoms with Crippen LogP contribution in [0.4, 0.5) is 10.5 Å². The number of hydrogen-bond acceptors (Lipinski definition) is 7. The van der Waals surface area contributed by atoms with Crippen molar-refractivity contribution < 1.29 is 28.3 Å². The van der Waals surface area contributed by atoms with E-state index in [1.54, 1.807) is 6.92 Å². The lowest BCUT2D eigenvalue weighted by Crippen LogP contribution is -2.26. The first-order valence-electron chi connectivity index (χ1n) is 11.7. The lowest BCUT2D eigenvalue weighted by Gasteiger charge is -2.15. The highest BCUT2D eigenvalue weighted by atomic mass is 16.6. The Balaban J connectivity index is 1.39. The van der Waals surface area contributed by atoms with E-state index in [1.165, 1.54) is 7.11 Å². The zero-order chi connectivity index (χ0) is 24.8. The maximum atomic E-state index is 12.5. The molecule has 0 radical (unpaired) electrons. The molecular formula is C27H30N2O6. The van der Waals surface area contributed by atoms with Crippen molar-refractivity contribution in [2.45, 2.75) is 51.9 Å². The molecule has 184 valence electrons. The summed E-state index contributed by atoms with van der Waals surface area (Å²) in [6.45, 7) is 3.85. The first-order valence-corrected chi connectivity index (χ1v) is 11.7. The molecule has 1 fully saturated rings. The third-order valence-electron chi connectivity index (χ3n) is 6.02. The average Bonchev–Trinajstić information content (AvgIpc) is 3.63. The molecule has 0 aliphatic heterocycles. The van der Waals surface area contributed by atoms with Gasteiger partial charge in [-0.15, -0.1) is 0 Å². The molecule has 0 saturated heterocycles. The number of carbonyl (C=O) groups is 2. The number of benzene rings is 2. The number of nitrogens with one attached hydrogen (secondary N) is 1. The number of ether oxygens (including phenoxy) is 3. The van der Waals surface area contributed by atoms with E-state index in [0.29, 0.717) is 29.5 Å². The number of rotatable bonds is 10. The highest BCUT2D eigenvalue weighted by molar-refractivity contribution is 5.90. The van der Waals surface area contributed by atoms with Gasteiger partial charge in [0.1, 0.15) is 17.5 Å². The number of hydrogen-bond donors (Lipinski definition) is 1. The number of methoxy groups -OCH3 is 1. The van der Waals surface area contributed by atoms with Gasteiger partial charge in [-0.3, -0.25) is 5.32 Å². The van der Waals surface area contributed by atoms with Crippen LogP contribution in [0.1, 0.15) is 49.1 Å². The topological polar surface area (TPSA) is 99.9 Å². The van der Waals surface area contributed by atoms with Gasteiger partial charge in [-0.05, 0) is 37.3 Å². The third-order valence-corrected chi connectivity index (χ3v) is 6.02. The molecule has 0 bridgehead atoms. The molecule has 8 heteroatoms. The number of carbonyl (C=O) groups excluding carboxylic acids is 2. The number of aromatic nitrogens is 1. The van der Waals surface area contributed by atoms with Gasteiger partial charge < -0.3 is 18.7 Å². The van der Waals surface area contributed by atoms with E-state index in [2.05, 4.69) is 10.5 Å². The van der Waals surface area contributed by atoms with Gasteiger partial charge >= 0.3 is 12.1 Å². The Morgan fingerprint density at radius 1 is 1.11 bits per heavy atom. The fraction of sp³-hybridized carbons (Fsp3) is 0.370. The Morgan fingerprint density at radius 2 is 1.83 bits per heavy atom. The summed E-state index contributed by atoms with van der Waals surface area (Å²) in [6.07, 6.45) is 1.41. The molecule has 1 aliphatic carbocycles. The van der Waals surface area contributed by atoms with Crippen molar-refractivity contribution in [1.82, 2.24) is 5.16 Å². The monoisotopic (exact) mass is 478 g/mol. The summed E-state index contributed by atoms with van der Waals surface area (Å²) < 4.78 is 21.7. The van der Waals surface area contributed by atoms with E-state index >= 15 is 0 Å². The lowest BCUT2D eigenvalue weighted by atomic mass is 10.1. The average molecular weight is 479 g/mol. The standard InChI is InChI=1S/C27H30N2O6/c1-17-24(28-27(31)34-18(2)21-7-5-4-6-8-21)25(35-29-17)22-13-11-20(12-14-22)16-33-23(26(30)32-3)15-19-9-10-19/h4-8,11-14,18-19,23H,9-10,15-16H2,1-3H3,(H,28,31). The van der Waals surface area contributed by atoms with E-state index < -0.39 is 18.3 Å². The Hall–Kier alpha value is -3.65. The maximum absolute atomic E-state index is 12.5. The van der Waals surface area contributed by atoms with Gasteiger partial charge in [-0.25, -0.2) is 9.59 Å². The molecule has 1 heterocycles. The highest BCUT2D eigenvalue weighted by Gasteiger charge is 2.30. The molecule has 2 unspecified atom stereocenters. The van der Waals surface area contributed by atoms with Crippen molar-refractivity contribution in [3.05, 3.63) is 71.4 Å². The molecule has 1 saturated carbocycles. The quantitative estimate of drug-likeness (QED) is 0.367. The van der Waals surface area contributed by atoms with Gasteiger partial charge in [0, 0.05) is 5.56 Å². The van der Waals surface area contributed by atoms with Crippen LogP contribution in [0.5, 0.6) is 0 Å². The Morgan fingerprint density at radius 3 is 2.49 bits per heavy atom. The number of nitrogens with zero attached hydrogens (tertiary/aromatic N) is 1. The van der Waals surface area contributed by atoms with Crippen LogP contribution in [0.15, 0.2) is 59.1 Å². The Kier molecular flexibility index (Phi) is 7.82. The van der Waals surface area contributed by atoms with Crippen LogP contribution in [0.25, 0.3) is 11.3 Å². The van der Waals surface area contributed by atoms with E-state index in [1.807, 2.05) is 61.5 Å². The fourth-order valence-electron chi connectivity index (χ4n) is 3.77. The predicted molar refractivity (Wildman–Crippen MR) is 130 cm³/mol. The second kappa shape index (κ2) is 11.2. The minimum Gasteiger partial charge on any atom is -0.467 e. The van der Waals surface area contributed by atoms with Gasteiger partial charge in [0.2, 0.25) is 0 Å². The molecule has 1 aromatic heterocycles.